The first-order chi connectivity index (χ1) is 18.6. The van der Waals surface area contributed by atoms with E-state index in [-0.39, 0.29) is 29.5 Å². The van der Waals surface area contributed by atoms with Crippen molar-refractivity contribution in [3.8, 4) is 17.2 Å². The number of ketones is 1. The second-order valence-electron chi connectivity index (χ2n) is 9.79. The molecule has 0 bridgehead atoms. The van der Waals surface area contributed by atoms with E-state index in [1.165, 1.54) is 30.3 Å². The van der Waals surface area contributed by atoms with E-state index in [9.17, 15) is 40.5 Å². The summed E-state index contributed by atoms with van der Waals surface area (Å²) in [6, 6.07) is 10.7. The van der Waals surface area contributed by atoms with Gasteiger partial charge in [0, 0.05) is 6.07 Å². The molecule has 3 aliphatic heterocycles. The standard InChI is InChI=1S/C26H30O13/c27-9-19-20(31)21(32)22(39-25-23(33)26(34,10-28)11-35-25)24(38-19)36-14-5-6-15-16(30)8-17(37-18(15)7-14)12-1-3-13(29)4-2-12/h1-7,17,19-25,27-29,31-34H,8-11H2/t17-,19+,20+,21-,22+,23-,24+,25-,26+/m0/s1. The molecule has 13 heteroatoms. The normalized spacial score (nSPS) is 36.3. The molecule has 0 aliphatic carbocycles. The Labute approximate surface area is 222 Å². The van der Waals surface area contributed by atoms with E-state index in [0.29, 0.717) is 11.1 Å². The predicted octanol–water partition coefficient (Wildman–Crippen LogP) is -1.26. The van der Waals surface area contributed by atoms with Crippen LogP contribution in [0.2, 0.25) is 0 Å². The summed E-state index contributed by atoms with van der Waals surface area (Å²) in [5.74, 6) is 0.258. The van der Waals surface area contributed by atoms with Crippen molar-refractivity contribution in [3.05, 3.63) is 53.6 Å². The Bertz CT molecular complexity index is 1170. The van der Waals surface area contributed by atoms with E-state index < -0.39 is 74.6 Å². The summed E-state index contributed by atoms with van der Waals surface area (Å²) in [4.78, 5) is 12.8. The fraction of sp³-hybridized carbons (Fsp3) is 0.500. The maximum atomic E-state index is 12.8. The summed E-state index contributed by atoms with van der Waals surface area (Å²) < 4.78 is 28.5. The zero-order valence-corrected chi connectivity index (χ0v) is 20.6. The SMILES string of the molecule is O=C1C[C@@H](c2ccc(O)cc2)Oc2cc(O[C@@H]3O[C@H](CO)[C@@H](O)[C@H](O)[C@H]3O[C@@H]3OC[C@](O)(CO)[C@H]3O)ccc21. The van der Waals surface area contributed by atoms with Crippen LogP contribution < -0.4 is 9.47 Å². The van der Waals surface area contributed by atoms with Crippen molar-refractivity contribution in [1.82, 2.24) is 0 Å². The molecule has 0 saturated carbocycles. The van der Waals surface area contributed by atoms with Crippen molar-refractivity contribution in [3.63, 3.8) is 0 Å². The van der Waals surface area contributed by atoms with Gasteiger partial charge in [-0.25, -0.2) is 0 Å². The van der Waals surface area contributed by atoms with Crippen LogP contribution in [0.1, 0.15) is 28.4 Å². The van der Waals surface area contributed by atoms with Crippen LogP contribution >= 0.6 is 0 Å². The Morgan fingerprint density at radius 1 is 1.00 bits per heavy atom. The highest BCUT2D eigenvalue weighted by Crippen LogP contribution is 2.38. The highest BCUT2D eigenvalue weighted by atomic mass is 16.8. The maximum Gasteiger partial charge on any atom is 0.229 e. The van der Waals surface area contributed by atoms with E-state index in [1.54, 1.807) is 12.1 Å². The summed E-state index contributed by atoms with van der Waals surface area (Å²) in [7, 11) is 0. The van der Waals surface area contributed by atoms with Crippen LogP contribution in [0, 0.1) is 0 Å². The Balaban J connectivity index is 1.37. The average molecular weight is 551 g/mol. The monoisotopic (exact) mass is 550 g/mol. The fourth-order valence-electron chi connectivity index (χ4n) is 4.75. The average Bonchev–Trinajstić information content (AvgIpc) is 3.22. The van der Waals surface area contributed by atoms with Gasteiger partial charge in [0.2, 0.25) is 6.29 Å². The molecule has 0 aromatic heterocycles. The number of hydrogen-bond donors (Lipinski definition) is 7. The van der Waals surface area contributed by atoms with Crippen molar-refractivity contribution in [2.45, 2.75) is 61.2 Å². The molecule has 0 spiro atoms. The molecule has 5 rings (SSSR count). The molecular formula is C26H30O13. The lowest BCUT2D eigenvalue weighted by Gasteiger charge is -2.42. The quantitative estimate of drug-likeness (QED) is 0.215. The van der Waals surface area contributed by atoms with Crippen molar-refractivity contribution in [2.24, 2.45) is 0 Å². The van der Waals surface area contributed by atoms with E-state index >= 15 is 0 Å². The number of benzene rings is 2. The first-order valence-electron chi connectivity index (χ1n) is 12.3. The Morgan fingerprint density at radius 3 is 2.41 bits per heavy atom. The minimum Gasteiger partial charge on any atom is -0.508 e. The van der Waals surface area contributed by atoms with Crippen LogP contribution in [0.4, 0.5) is 0 Å². The van der Waals surface area contributed by atoms with Gasteiger partial charge >= 0.3 is 0 Å². The molecule has 7 N–H and O–H groups in total. The predicted molar refractivity (Wildman–Crippen MR) is 128 cm³/mol. The molecule has 9 atom stereocenters. The number of fused-ring (bicyclic) bond motifs is 1. The number of carbonyl (C=O) groups excluding carboxylic acids is 1. The second kappa shape index (κ2) is 11.0. The van der Waals surface area contributed by atoms with E-state index in [2.05, 4.69) is 0 Å². The summed E-state index contributed by atoms with van der Waals surface area (Å²) in [6.45, 7) is -1.93. The van der Waals surface area contributed by atoms with Gasteiger partial charge in [0.05, 0.1) is 31.8 Å². The Hall–Kier alpha value is -2.85. The number of rotatable bonds is 7. The molecule has 212 valence electrons. The third kappa shape index (κ3) is 5.33. The molecule has 39 heavy (non-hydrogen) atoms. The van der Waals surface area contributed by atoms with Gasteiger partial charge in [-0.2, -0.15) is 0 Å². The highest BCUT2D eigenvalue weighted by Gasteiger charge is 2.53. The Kier molecular flexibility index (Phi) is 7.79. The first kappa shape index (κ1) is 27.7. The van der Waals surface area contributed by atoms with Gasteiger partial charge in [-0.05, 0) is 29.8 Å². The molecule has 0 radical (unpaired) electrons. The molecule has 13 nitrogen and oxygen atoms in total. The Morgan fingerprint density at radius 2 is 1.74 bits per heavy atom. The van der Waals surface area contributed by atoms with Gasteiger partial charge in [-0.15, -0.1) is 0 Å². The summed E-state index contributed by atoms with van der Waals surface area (Å²) >= 11 is 0. The highest BCUT2D eigenvalue weighted by molar-refractivity contribution is 6.00. The number of hydrogen-bond acceptors (Lipinski definition) is 13. The number of phenols is 1. The van der Waals surface area contributed by atoms with Crippen LogP contribution in [0.15, 0.2) is 42.5 Å². The van der Waals surface area contributed by atoms with Crippen molar-refractivity contribution < 1.29 is 64.2 Å². The molecule has 2 fully saturated rings. The second-order valence-corrected chi connectivity index (χ2v) is 9.79. The largest absolute Gasteiger partial charge is 0.508 e. The first-order valence-corrected chi connectivity index (χ1v) is 12.3. The van der Waals surface area contributed by atoms with Crippen LogP contribution in [0.25, 0.3) is 0 Å². The van der Waals surface area contributed by atoms with Gasteiger partial charge < -0.3 is 59.4 Å². The molecule has 2 aromatic carbocycles. The number of carbonyl (C=O) groups is 1. The summed E-state index contributed by atoms with van der Waals surface area (Å²) in [5, 5.41) is 70.3. The smallest absolute Gasteiger partial charge is 0.229 e. The molecule has 2 saturated heterocycles. The minimum atomic E-state index is -2.00. The zero-order valence-electron chi connectivity index (χ0n) is 20.6. The van der Waals surface area contributed by atoms with Crippen molar-refractivity contribution in [1.29, 1.82) is 0 Å². The van der Waals surface area contributed by atoms with Crippen LogP contribution in [0.5, 0.6) is 17.2 Å². The zero-order chi connectivity index (χ0) is 27.9. The molecule has 0 amide bonds. The van der Waals surface area contributed by atoms with Gasteiger partial charge in [0.25, 0.3) is 0 Å². The molecule has 2 aromatic rings. The van der Waals surface area contributed by atoms with E-state index in [0.717, 1.165) is 0 Å². The topological polar surface area (TPSA) is 205 Å². The fourth-order valence-corrected chi connectivity index (χ4v) is 4.75. The molecule has 0 unspecified atom stereocenters. The maximum absolute atomic E-state index is 12.8. The number of aromatic hydroxyl groups is 1. The minimum absolute atomic E-state index is 0.0753. The van der Waals surface area contributed by atoms with Crippen molar-refractivity contribution in [2.75, 3.05) is 19.8 Å². The van der Waals surface area contributed by atoms with Gasteiger partial charge in [-0.1, -0.05) is 12.1 Å². The lowest BCUT2D eigenvalue weighted by molar-refractivity contribution is -0.318. The van der Waals surface area contributed by atoms with Crippen LogP contribution in [-0.2, 0) is 14.2 Å². The lowest BCUT2D eigenvalue weighted by Crippen LogP contribution is -2.62. The number of phenolic OH excluding ortho intramolecular Hbond substituents is 1. The number of aliphatic hydroxyl groups excluding tert-OH is 5. The number of Topliss-reactive ketones (excluding diaryl/α,β-unsaturated/α-hetero) is 1. The third-order valence-corrected chi connectivity index (χ3v) is 7.11. The van der Waals surface area contributed by atoms with E-state index in [4.69, 9.17) is 23.7 Å². The van der Waals surface area contributed by atoms with Crippen LogP contribution in [0.3, 0.4) is 0 Å². The molecular weight excluding hydrogens is 520 g/mol. The van der Waals surface area contributed by atoms with Gasteiger partial charge in [0.15, 0.2) is 18.2 Å². The molecule has 3 heterocycles. The number of ether oxygens (including phenoxy) is 5. The molecule has 3 aliphatic rings. The van der Waals surface area contributed by atoms with Crippen molar-refractivity contribution >= 4 is 5.78 Å². The lowest BCUT2D eigenvalue weighted by atomic mass is 9.96. The van der Waals surface area contributed by atoms with Crippen LogP contribution in [-0.4, -0.2) is 110 Å². The number of aliphatic hydroxyl groups is 6. The van der Waals surface area contributed by atoms with E-state index in [1.807, 2.05) is 0 Å². The summed E-state index contributed by atoms with van der Waals surface area (Å²) in [5.41, 5.74) is -0.989. The summed E-state index contributed by atoms with van der Waals surface area (Å²) in [6.07, 6.45) is -11.2. The third-order valence-electron chi connectivity index (χ3n) is 7.11. The van der Waals surface area contributed by atoms with Gasteiger partial charge in [-0.3, -0.25) is 4.79 Å². The van der Waals surface area contributed by atoms with Gasteiger partial charge in [0.1, 0.15) is 53.4 Å².